The Morgan fingerprint density at radius 3 is 2.67 bits per heavy atom. The third-order valence-corrected chi connectivity index (χ3v) is 4.84. The standard InChI is InChI=1S/C14H20BrFN4O/c1-19-7-5-9(6-8-19)20(2)11-4-3-10(14(17)18-21)12(15)13(11)16/h3-4,9,21H,5-8H2,1-2H3,(H2,17,18). The number of oxime groups is 1. The van der Waals surface area contributed by atoms with Crippen LogP contribution < -0.4 is 10.6 Å². The SMILES string of the molecule is CN1CCC(N(C)c2ccc(/C(N)=N/O)c(Br)c2F)CC1. The van der Waals surface area contributed by atoms with Gasteiger partial charge in [0.05, 0.1) is 10.2 Å². The molecule has 0 aliphatic carbocycles. The fourth-order valence-corrected chi connectivity index (χ4v) is 3.18. The van der Waals surface area contributed by atoms with Crippen molar-refractivity contribution >= 4 is 27.5 Å². The predicted octanol–water partition coefficient (Wildman–Crippen LogP) is 2.21. The molecule has 0 unspecified atom stereocenters. The quantitative estimate of drug-likeness (QED) is 0.376. The molecule has 1 aliphatic rings. The molecular formula is C14H20BrFN4O. The average Bonchev–Trinajstić information content (AvgIpc) is 2.49. The summed E-state index contributed by atoms with van der Waals surface area (Å²) in [6.07, 6.45) is 2.01. The maximum absolute atomic E-state index is 14.5. The molecule has 5 nitrogen and oxygen atoms in total. The molecule has 1 aromatic rings. The molecule has 0 spiro atoms. The summed E-state index contributed by atoms with van der Waals surface area (Å²) in [6.45, 7) is 2.03. The second-order valence-corrected chi connectivity index (χ2v) is 6.18. The third kappa shape index (κ3) is 3.29. The normalized spacial score (nSPS) is 18.0. The number of amidine groups is 1. The van der Waals surface area contributed by atoms with E-state index in [0.717, 1.165) is 25.9 Å². The maximum Gasteiger partial charge on any atom is 0.171 e. The Balaban J connectivity index is 2.26. The number of nitrogens with zero attached hydrogens (tertiary/aromatic N) is 3. The highest BCUT2D eigenvalue weighted by Gasteiger charge is 2.24. The maximum atomic E-state index is 14.5. The molecule has 1 aliphatic heterocycles. The van der Waals surface area contributed by atoms with E-state index >= 15 is 0 Å². The fourth-order valence-electron chi connectivity index (χ4n) is 2.64. The van der Waals surface area contributed by atoms with Crippen LogP contribution in [0.5, 0.6) is 0 Å². The van der Waals surface area contributed by atoms with Gasteiger partial charge in [0.25, 0.3) is 0 Å². The van der Waals surface area contributed by atoms with Gasteiger partial charge < -0.3 is 20.7 Å². The van der Waals surface area contributed by atoms with E-state index in [4.69, 9.17) is 10.9 Å². The molecule has 1 aromatic carbocycles. The first-order valence-electron chi connectivity index (χ1n) is 6.83. The van der Waals surface area contributed by atoms with Crippen molar-refractivity contribution in [3.05, 3.63) is 28.0 Å². The molecule has 0 radical (unpaired) electrons. The number of rotatable bonds is 3. The highest BCUT2D eigenvalue weighted by atomic mass is 79.9. The molecular weight excluding hydrogens is 339 g/mol. The van der Waals surface area contributed by atoms with Crippen LogP contribution in [0.4, 0.5) is 10.1 Å². The summed E-state index contributed by atoms with van der Waals surface area (Å²) in [6, 6.07) is 3.65. The first-order valence-corrected chi connectivity index (χ1v) is 7.62. The van der Waals surface area contributed by atoms with Crippen LogP contribution in [0.25, 0.3) is 0 Å². The molecule has 1 saturated heterocycles. The number of likely N-dealkylation sites (tertiary alicyclic amines) is 1. The molecule has 1 fully saturated rings. The predicted molar refractivity (Wildman–Crippen MR) is 85.5 cm³/mol. The van der Waals surface area contributed by atoms with E-state index in [2.05, 4.69) is 33.0 Å². The van der Waals surface area contributed by atoms with Gasteiger partial charge >= 0.3 is 0 Å². The smallest absolute Gasteiger partial charge is 0.171 e. The minimum absolute atomic E-state index is 0.116. The van der Waals surface area contributed by atoms with Crippen molar-refractivity contribution in [1.29, 1.82) is 0 Å². The van der Waals surface area contributed by atoms with Crippen molar-refractivity contribution in [3.8, 4) is 0 Å². The van der Waals surface area contributed by atoms with Crippen LogP contribution in [0.2, 0.25) is 0 Å². The lowest BCUT2D eigenvalue weighted by Crippen LogP contribution is -2.42. The summed E-state index contributed by atoms with van der Waals surface area (Å²) in [5, 5.41) is 11.6. The van der Waals surface area contributed by atoms with Crippen molar-refractivity contribution in [2.24, 2.45) is 10.9 Å². The second-order valence-electron chi connectivity index (χ2n) is 5.39. The van der Waals surface area contributed by atoms with Gasteiger partial charge in [-0.05, 0) is 61.0 Å². The van der Waals surface area contributed by atoms with E-state index in [1.807, 2.05) is 11.9 Å². The molecule has 116 valence electrons. The third-order valence-electron chi connectivity index (χ3n) is 4.06. The van der Waals surface area contributed by atoms with Gasteiger partial charge in [0, 0.05) is 18.7 Å². The van der Waals surface area contributed by atoms with E-state index in [9.17, 15) is 4.39 Å². The Morgan fingerprint density at radius 1 is 1.48 bits per heavy atom. The Labute approximate surface area is 132 Å². The van der Waals surface area contributed by atoms with Crippen molar-refractivity contribution in [2.45, 2.75) is 18.9 Å². The van der Waals surface area contributed by atoms with Crippen molar-refractivity contribution < 1.29 is 9.60 Å². The van der Waals surface area contributed by atoms with Gasteiger partial charge in [-0.1, -0.05) is 5.16 Å². The van der Waals surface area contributed by atoms with Gasteiger partial charge in [0.1, 0.15) is 0 Å². The van der Waals surface area contributed by atoms with Crippen LogP contribution >= 0.6 is 15.9 Å². The molecule has 0 atom stereocenters. The first-order chi connectivity index (χ1) is 9.95. The molecule has 21 heavy (non-hydrogen) atoms. The van der Waals surface area contributed by atoms with Gasteiger partial charge in [-0.2, -0.15) is 0 Å². The lowest BCUT2D eigenvalue weighted by atomic mass is 10.0. The van der Waals surface area contributed by atoms with Gasteiger partial charge in [-0.15, -0.1) is 0 Å². The van der Waals surface area contributed by atoms with Crippen LogP contribution in [0.1, 0.15) is 18.4 Å². The lowest BCUT2D eigenvalue weighted by Gasteiger charge is -2.36. The number of nitrogens with two attached hydrogens (primary N) is 1. The van der Waals surface area contributed by atoms with Crippen molar-refractivity contribution in [3.63, 3.8) is 0 Å². The van der Waals surface area contributed by atoms with E-state index in [1.54, 1.807) is 12.1 Å². The number of hydrogen-bond donors (Lipinski definition) is 2. The number of anilines is 1. The number of hydrogen-bond acceptors (Lipinski definition) is 4. The summed E-state index contributed by atoms with van der Waals surface area (Å²) in [5.41, 5.74) is 6.39. The largest absolute Gasteiger partial charge is 0.409 e. The summed E-state index contributed by atoms with van der Waals surface area (Å²) in [5.74, 6) is -0.505. The molecule has 3 N–H and O–H groups in total. The molecule has 0 aromatic heterocycles. The van der Waals surface area contributed by atoms with Crippen molar-refractivity contribution in [2.75, 3.05) is 32.1 Å². The van der Waals surface area contributed by atoms with Gasteiger partial charge in [0.2, 0.25) is 0 Å². The van der Waals surface area contributed by atoms with E-state index < -0.39 is 0 Å². The average molecular weight is 359 g/mol. The molecule has 0 amide bonds. The molecule has 2 rings (SSSR count). The zero-order valence-electron chi connectivity index (χ0n) is 12.2. The molecule has 0 saturated carbocycles. The fraction of sp³-hybridized carbons (Fsp3) is 0.500. The Hall–Kier alpha value is -1.34. The Bertz CT molecular complexity index is 544. The highest BCUT2D eigenvalue weighted by molar-refractivity contribution is 9.10. The Kier molecular flexibility index (Phi) is 5.05. The van der Waals surface area contributed by atoms with Crippen LogP contribution in [-0.4, -0.2) is 49.2 Å². The second kappa shape index (κ2) is 6.62. The summed E-state index contributed by atoms with van der Waals surface area (Å²) in [4.78, 5) is 4.25. The van der Waals surface area contributed by atoms with Gasteiger partial charge in [-0.25, -0.2) is 4.39 Å². The number of piperidine rings is 1. The van der Waals surface area contributed by atoms with Crippen LogP contribution in [-0.2, 0) is 0 Å². The van der Waals surface area contributed by atoms with E-state index in [-0.39, 0.29) is 16.1 Å². The minimum Gasteiger partial charge on any atom is -0.409 e. The topological polar surface area (TPSA) is 65.1 Å². The zero-order valence-corrected chi connectivity index (χ0v) is 13.8. The van der Waals surface area contributed by atoms with Gasteiger partial charge in [0.15, 0.2) is 11.7 Å². The van der Waals surface area contributed by atoms with E-state index in [1.165, 1.54) is 0 Å². The number of halogens is 2. The van der Waals surface area contributed by atoms with Crippen LogP contribution in [0.15, 0.2) is 21.8 Å². The molecule has 1 heterocycles. The summed E-state index contributed by atoms with van der Waals surface area (Å²) >= 11 is 3.19. The van der Waals surface area contributed by atoms with Crippen LogP contribution in [0, 0.1) is 5.82 Å². The zero-order chi connectivity index (χ0) is 15.6. The lowest BCUT2D eigenvalue weighted by molar-refractivity contribution is 0.252. The highest BCUT2D eigenvalue weighted by Crippen LogP contribution is 2.31. The first kappa shape index (κ1) is 16.0. The number of benzene rings is 1. The summed E-state index contributed by atoms with van der Waals surface area (Å²) < 4.78 is 14.8. The monoisotopic (exact) mass is 358 g/mol. The van der Waals surface area contributed by atoms with Gasteiger partial charge in [-0.3, -0.25) is 0 Å². The molecule has 0 bridgehead atoms. The van der Waals surface area contributed by atoms with E-state index in [0.29, 0.717) is 17.3 Å². The summed E-state index contributed by atoms with van der Waals surface area (Å²) in [7, 11) is 4.00. The molecule has 7 heteroatoms. The minimum atomic E-state index is -0.388. The van der Waals surface area contributed by atoms with Crippen molar-refractivity contribution in [1.82, 2.24) is 4.90 Å². The Morgan fingerprint density at radius 2 is 2.10 bits per heavy atom. The van der Waals surface area contributed by atoms with Crippen LogP contribution in [0.3, 0.4) is 0 Å².